The number of ether oxygens (including phenoxy) is 2. The lowest BCUT2D eigenvalue weighted by molar-refractivity contribution is -0.0623. The zero-order valence-corrected chi connectivity index (χ0v) is 17.8. The summed E-state index contributed by atoms with van der Waals surface area (Å²) in [7, 11) is 1.49. The molecule has 1 aliphatic rings. The summed E-state index contributed by atoms with van der Waals surface area (Å²) in [6.07, 6.45) is -1.86. The smallest absolute Gasteiger partial charge is 0.177 e. The highest BCUT2D eigenvalue weighted by Crippen LogP contribution is 2.39. The van der Waals surface area contributed by atoms with Gasteiger partial charge in [-0.3, -0.25) is 4.57 Å². The average Bonchev–Trinajstić information content (AvgIpc) is 3.25. The molecule has 4 N–H and O–H groups in total. The molecule has 4 rings (SSSR count). The van der Waals surface area contributed by atoms with Crippen molar-refractivity contribution in [3.63, 3.8) is 0 Å². The van der Waals surface area contributed by atoms with E-state index in [1.807, 2.05) is 12.1 Å². The fraction of sp³-hybridized carbons (Fsp3) is 0.450. The summed E-state index contributed by atoms with van der Waals surface area (Å²) in [4.78, 5) is 14.0. The molecule has 1 fully saturated rings. The van der Waals surface area contributed by atoms with Crippen molar-refractivity contribution >= 4 is 28.7 Å². The van der Waals surface area contributed by atoms with Crippen LogP contribution in [0.2, 0.25) is 0 Å². The van der Waals surface area contributed by atoms with Gasteiger partial charge in [-0.2, -0.15) is 0 Å². The molecule has 0 saturated carbocycles. The summed E-state index contributed by atoms with van der Waals surface area (Å²) in [5.41, 5.74) is 8.20. The molecule has 0 amide bonds. The number of hydrogen-bond donors (Lipinski definition) is 3. The maximum atomic E-state index is 10.5. The van der Waals surface area contributed by atoms with Crippen LogP contribution in [-0.4, -0.2) is 61.8 Å². The highest BCUT2D eigenvalue weighted by atomic mass is 32.2. The first-order chi connectivity index (χ1) is 14.4. The Balaban J connectivity index is 1.79. The summed E-state index contributed by atoms with van der Waals surface area (Å²) in [5, 5.41) is 20.7. The summed E-state index contributed by atoms with van der Waals surface area (Å²) < 4.78 is 13.2. The Hall–Kier alpha value is -2.24. The number of nitrogen functional groups attached to an aromatic ring is 1. The molecule has 30 heavy (non-hydrogen) atoms. The van der Waals surface area contributed by atoms with Crippen molar-refractivity contribution in [2.75, 3.05) is 19.5 Å². The lowest BCUT2D eigenvalue weighted by Crippen LogP contribution is -2.34. The molecule has 10 heteroatoms. The van der Waals surface area contributed by atoms with Gasteiger partial charge in [0.2, 0.25) is 0 Å². The van der Waals surface area contributed by atoms with Gasteiger partial charge in [0.05, 0.1) is 6.61 Å². The zero-order valence-electron chi connectivity index (χ0n) is 17.0. The van der Waals surface area contributed by atoms with Gasteiger partial charge in [0, 0.05) is 12.0 Å². The molecular weight excluding hydrogens is 406 g/mol. The number of rotatable bonds is 6. The van der Waals surface area contributed by atoms with E-state index < -0.39 is 24.5 Å². The minimum atomic E-state index is -0.996. The van der Waals surface area contributed by atoms with E-state index in [-0.39, 0.29) is 12.4 Å². The Morgan fingerprint density at radius 2 is 2.00 bits per heavy atom. The molecule has 4 atom stereocenters. The number of fused-ring (bicyclic) bond motifs is 1. The second-order valence-corrected chi connectivity index (χ2v) is 8.50. The fourth-order valence-corrected chi connectivity index (χ4v) is 4.47. The van der Waals surface area contributed by atoms with Gasteiger partial charge in [-0.1, -0.05) is 37.7 Å². The predicted octanol–water partition coefficient (Wildman–Crippen LogP) is 1.95. The van der Waals surface area contributed by atoms with Crippen LogP contribution in [0.3, 0.4) is 0 Å². The van der Waals surface area contributed by atoms with Crippen LogP contribution in [0.25, 0.3) is 11.2 Å². The Morgan fingerprint density at radius 1 is 1.27 bits per heavy atom. The minimum Gasteiger partial charge on any atom is -0.394 e. The standard InChI is InChI=1S/C20H25N5O4S/c1-10(2)11-4-6-12(7-5-11)30-20-24-14-17(21)22-9-23-18(14)25(20)19-16(28-3)15(27)13(8-26)29-19/h4-7,9-10,13,15-16,19,26-27H,8H2,1-3H3,(H2,21,22,23)/t13-,15-,16-,19-/m1/s1. The lowest BCUT2D eigenvalue weighted by Gasteiger charge is -2.21. The topological polar surface area (TPSA) is 129 Å². The van der Waals surface area contributed by atoms with Crippen LogP contribution in [-0.2, 0) is 9.47 Å². The molecule has 3 heterocycles. The molecule has 1 aliphatic heterocycles. The van der Waals surface area contributed by atoms with Crippen LogP contribution in [0.5, 0.6) is 0 Å². The number of aliphatic hydroxyl groups excluding tert-OH is 2. The highest BCUT2D eigenvalue weighted by Gasteiger charge is 2.46. The number of nitrogens with zero attached hydrogens (tertiary/aromatic N) is 4. The molecular formula is C20H25N5O4S. The van der Waals surface area contributed by atoms with Crippen molar-refractivity contribution in [1.82, 2.24) is 19.5 Å². The van der Waals surface area contributed by atoms with Crippen LogP contribution < -0.4 is 5.73 Å². The third-order valence-electron chi connectivity index (χ3n) is 5.25. The van der Waals surface area contributed by atoms with Gasteiger partial charge in [0.15, 0.2) is 28.4 Å². The van der Waals surface area contributed by atoms with E-state index in [9.17, 15) is 10.2 Å². The quantitative estimate of drug-likeness (QED) is 0.536. The normalized spacial score (nSPS) is 24.2. The van der Waals surface area contributed by atoms with E-state index in [4.69, 9.17) is 15.2 Å². The summed E-state index contributed by atoms with van der Waals surface area (Å²) >= 11 is 1.43. The Bertz CT molecular complexity index is 1030. The van der Waals surface area contributed by atoms with Crippen molar-refractivity contribution in [2.45, 2.75) is 54.4 Å². The molecule has 160 valence electrons. The Morgan fingerprint density at radius 3 is 2.63 bits per heavy atom. The van der Waals surface area contributed by atoms with E-state index in [2.05, 4.69) is 40.9 Å². The number of aromatic nitrogens is 4. The number of benzene rings is 1. The summed E-state index contributed by atoms with van der Waals surface area (Å²) in [5.74, 6) is 0.692. The summed E-state index contributed by atoms with van der Waals surface area (Å²) in [6, 6.07) is 8.24. The van der Waals surface area contributed by atoms with E-state index in [1.165, 1.54) is 30.8 Å². The number of anilines is 1. The van der Waals surface area contributed by atoms with Crippen LogP contribution in [0.1, 0.15) is 31.6 Å². The number of imidazole rings is 1. The van der Waals surface area contributed by atoms with Gasteiger partial charge in [0.25, 0.3) is 0 Å². The van der Waals surface area contributed by atoms with Crippen molar-refractivity contribution < 1.29 is 19.7 Å². The van der Waals surface area contributed by atoms with Crippen LogP contribution in [0, 0.1) is 0 Å². The fourth-order valence-electron chi connectivity index (χ4n) is 3.57. The molecule has 1 saturated heterocycles. The van der Waals surface area contributed by atoms with Gasteiger partial charge < -0.3 is 25.4 Å². The highest BCUT2D eigenvalue weighted by molar-refractivity contribution is 7.99. The molecule has 9 nitrogen and oxygen atoms in total. The number of hydrogen-bond acceptors (Lipinski definition) is 9. The number of nitrogens with two attached hydrogens (primary N) is 1. The maximum Gasteiger partial charge on any atom is 0.177 e. The predicted molar refractivity (Wildman–Crippen MR) is 112 cm³/mol. The first-order valence-electron chi connectivity index (χ1n) is 9.68. The molecule has 0 radical (unpaired) electrons. The van der Waals surface area contributed by atoms with Crippen LogP contribution in [0.15, 0.2) is 40.6 Å². The molecule has 3 aromatic rings. The van der Waals surface area contributed by atoms with E-state index in [0.29, 0.717) is 22.2 Å². The second-order valence-electron chi connectivity index (χ2n) is 7.46. The van der Waals surface area contributed by atoms with Crippen molar-refractivity contribution in [3.05, 3.63) is 36.2 Å². The van der Waals surface area contributed by atoms with Crippen molar-refractivity contribution in [2.24, 2.45) is 0 Å². The number of aliphatic hydroxyl groups is 2. The van der Waals surface area contributed by atoms with Gasteiger partial charge in [-0.05, 0) is 23.6 Å². The van der Waals surface area contributed by atoms with Gasteiger partial charge in [-0.25, -0.2) is 15.0 Å². The molecule has 0 bridgehead atoms. The largest absolute Gasteiger partial charge is 0.394 e. The lowest BCUT2D eigenvalue weighted by atomic mass is 10.0. The third-order valence-corrected chi connectivity index (χ3v) is 6.23. The maximum absolute atomic E-state index is 10.5. The van der Waals surface area contributed by atoms with E-state index >= 15 is 0 Å². The molecule has 0 unspecified atom stereocenters. The van der Waals surface area contributed by atoms with Crippen molar-refractivity contribution in [1.29, 1.82) is 0 Å². The SMILES string of the molecule is CO[C@@H]1[C@H](O)[C@@H](CO)O[C@H]1n1c(Sc2ccc(C(C)C)cc2)nc2c(N)ncnc21. The zero-order chi connectivity index (χ0) is 21.4. The van der Waals surface area contributed by atoms with Crippen LogP contribution in [0.4, 0.5) is 5.82 Å². The third kappa shape index (κ3) is 3.65. The van der Waals surface area contributed by atoms with Crippen molar-refractivity contribution in [3.8, 4) is 0 Å². The molecule has 1 aromatic carbocycles. The van der Waals surface area contributed by atoms with Crippen LogP contribution >= 0.6 is 11.8 Å². The molecule has 2 aromatic heterocycles. The van der Waals surface area contributed by atoms with E-state index in [1.54, 1.807) is 4.57 Å². The van der Waals surface area contributed by atoms with Gasteiger partial charge >= 0.3 is 0 Å². The average molecular weight is 432 g/mol. The summed E-state index contributed by atoms with van der Waals surface area (Å²) in [6.45, 7) is 3.96. The molecule has 0 aliphatic carbocycles. The van der Waals surface area contributed by atoms with Gasteiger partial charge in [0.1, 0.15) is 24.6 Å². The Kier molecular flexibility index (Phi) is 5.94. The van der Waals surface area contributed by atoms with E-state index in [0.717, 1.165) is 4.90 Å². The molecule has 0 spiro atoms. The number of methoxy groups -OCH3 is 1. The minimum absolute atomic E-state index is 0.252. The first kappa shape index (κ1) is 21.0. The second kappa shape index (κ2) is 8.48. The van der Waals surface area contributed by atoms with Gasteiger partial charge in [-0.15, -0.1) is 0 Å². The first-order valence-corrected chi connectivity index (χ1v) is 10.5. The Labute approximate surface area is 178 Å². The monoisotopic (exact) mass is 431 g/mol.